The first-order chi connectivity index (χ1) is 12.6. The molecule has 0 saturated carbocycles. The highest BCUT2D eigenvalue weighted by molar-refractivity contribution is 5.98. The molecule has 26 heavy (non-hydrogen) atoms. The first-order valence-electron chi connectivity index (χ1n) is 11.0. The van der Waals surface area contributed by atoms with Crippen molar-refractivity contribution in [3.05, 3.63) is 0 Å². The number of Topliss-reactive ketones (excluding diaryl/α,β-unsaturated/α-hetero) is 1. The van der Waals surface area contributed by atoms with E-state index in [9.17, 15) is 9.59 Å². The number of hydrogen-bond acceptors (Lipinski definition) is 3. The second-order valence-electron chi connectivity index (χ2n) is 7.57. The largest absolute Gasteiger partial charge is 0.481 e. The maximum absolute atomic E-state index is 11.8. The molecule has 0 radical (unpaired) electrons. The first-order valence-corrected chi connectivity index (χ1v) is 11.0. The lowest BCUT2D eigenvalue weighted by Gasteiger charge is -2.09. The Balaban J connectivity index is 3.33. The number of ketones is 1. The van der Waals surface area contributed by atoms with E-state index in [1.165, 1.54) is 77.0 Å². The maximum Gasteiger partial charge on any atom is 0.314 e. The SMILES string of the molecule is CCCCCCCCCCCCCCCCCC(=O)C(CCO)C(=O)O. The van der Waals surface area contributed by atoms with Gasteiger partial charge in [0.15, 0.2) is 0 Å². The van der Waals surface area contributed by atoms with Crippen molar-refractivity contribution in [1.29, 1.82) is 0 Å². The van der Waals surface area contributed by atoms with Crippen LogP contribution in [0.4, 0.5) is 0 Å². The number of carboxylic acid groups (broad SMARTS) is 1. The summed E-state index contributed by atoms with van der Waals surface area (Å²) in [6, 6.07) is 0. The Morgan fingerprint density at radius 3 is 1.42 bits per heavy atom. The molecule has 154 valence electrons. The van der Waals surface area contributed by atoms with E-state index < -0.39 is 11.9 Å². The number of hydrogen-bond donors (Lipinski definition) is 2. The van der Waals surface area contributed by atoms with Crippen molar-refractivity contribution < 1.29 is 19.8 Å². The molecule has 0 aliphatic rings. The van der Waals surface area contributed by atoms with Gasteiger partial charge >= 0.3 is 5.97 Å². The smallest absolute Gasteiger partial charge is 0.314 e. The van der Waals surface area contributed by atoms with Gasteiger partial charge in [-0.25, -0.2) is 0 Å². The fraction of sp³-hybridized carbons (Fsp3) is 0.909. The Morgan fingerprint density at radius 2 is 1.08 bits per heavy atom. The summed E-state index contributed by atoms with van der Waals surface area (Å²) in [7, 11) is 0. The second kappa shape index (κ2) is 18.9. The zero-order valence-corrected chi connectivity index (χ0v) is 17.0. The number of carbonyl (C=O) groups excluding carboxylic acids is 1. The predicted molar refractivity (Wildman–Crippen MR) is 107 cm³/mol. The van der Waals surface area contributed by atoms with Gasteiger partial charge in [-0.1, -0.05) is 96.8 Å². The van der Waals surface area contributed by atoms with Crippen LogP contribution in [0.1, 0.15) is 116 Å². The van der Waals surface area contributed by atoms with Crippen molar-refractivity contribution in [2.45, 2.75) is 116 Å². The van der Waals surface area contributed by atoms with E-state index >= 15 is 0 Å². The van der Waals surface area contributed by atoms with Gasteiger partial charge in [0.1, 0.15) is 11.7 Å². The van der Waals surface area contributed by atoms with Gasteiger partial charge in [0.25, 0.3) is 0 Å². The number of carboxylic acids is 1. The number of unbranched alkanes of at least 4 members (excludes halogenated alkanes) is 14. The minimum atomic E-state index is -1.11. The van der Waals surface area contributed by atoms with Crippen LogP contribution < -0.4 is 0 Å². The van der Waals surface area contributed by atoms with Crippen LogP contribution in [-0.4, -0.2) is 28.6 Å². The first kappa shape index (κ1) is 25.1. The number of aliphatic hydroxyl groups is 1. The Morgan fingerprint density at radius 1 is 0.692 bits per heavy atom. The van der Waals surface area contributed by atoms with Crippen molar-refractivity contribution >= 4 is 11.8 Å². The van der Waals surface area contributed by atoms with Crippen molar-refractivity contribution in [3.8, 4) is 0 Å². The maximum atomic E-state index is 11.8. The van der Waals surface area contributed by atoms with Crippen LogP contribution in [0.5, 0.6) is 0 Å². The molecule has 0 bridgehead atoms. The Bertz CT molecular complexity index is 341. The van der Waals surface area contributed by atoms with Crippen molar-refractivity contribution in [2.24, 2.45) is 5.92 Å². The fourth-order valence-corrected chi connectivity index (χ4v) is 3.40. The third-order valence-electron chi connectivity index (χ3n) is 5.13. The van der Waals surface area contributed by atoms with E-state index in [0.29, 0.717) is 6.42 Å². The van der Waals surface area contributed by atoms with Gasteiger partial charge in [-0.05, 0) is 12.8 Å². The summed E-state index contributed by atoms with van der Waals surface area (Å²) < 4.78 is 0. The predicted octanol–water partition coefficient (Wildman–Crippen LogP) is 5.90. The molecule has 1 atom stereocenters. The van der Waals surface area contributed by atoms with Crippen molar-refractivity contribution in [3.63, 3.8) is 0 Å². The third kappa shape index (κ3) is 15.4. The molecule has 4 nitrogen and oxygen atoms in total. The summed E-state index contributed by atoms with van der Waals surface area (Å²) in [5, 5.41) is 17.8. The lowest BCUT2D eigenvalue weighted by molar-refractivity contribution is -0.147. The standard InChI is InChI=1S/C22H42O4/c1-2-3-4-5-6-7-8-9-10-11-12-13-14-15-16-17-21(24)20(18-19-23)22(25)26/h20,23H,2-19H2,1H3,(H,25,26). The van der Waals surface area contributed by atoms with Crippen LogP contribution in [0.25, 0.3) is 0 Å². The molecule has 0 aromatic rings. The summed E-state index contributed by atoms with van der Waals surface area (Å²) in [6.07, 6.45) is 19.5. The highest BCUT2D eigenvalue weighted by Crippen LogP contribution is 2.15. The quantitative estimate of drug-likeness (QED) is 0.207. The fourth-order valence-electron chi connectivity index (χ4n) is 3.40. The number of aliphatic hydroxyl groups excluding tert-OH is 1. The van der Waals surface area contributed by atoms with Crippen LogP contribution >= 0.6 is 0 Å². The van der Waals surface area contributed by atoms with E-state index in [2.05, 4.69) is 6.92 Å². The molecule has 1 unspecified atom stereocenters. The average Bonchev–Trinajstić information content (AvgIpc) is 2.62. The summed E-state index contributed by atoms with van der Waals surface area (Å²) in [5.74, 6) is -2.36. The van der Waals surface area contributed by atoms with Crippen LogP contribution in [-0.2, 0) is 9.59 Å². The highest BCUT2D eigenvalue weighted by atomic mass is 16.4. The molecule has 0 spiro atoms. The summed E-state index contributed by atoms with van der Waals surface area (Å²) >= 11 is 0. The lowest BCUT2D eigenvalue weighted by atomic mass is 9.96. The van der Waals surface area contributed by atoms with E-state index in [1.54, 1.807) is 0 Å². The number of rotatable bonds is 20. The molecule has 0 amide bonds. The minimum Gasteiger partial charge on any atom is -0.481 e. The molecule has 0 saturated heterocycles. The van der Waals surface area contributed by atoms with E-state index in [4.69, 9.17) is 10.2 Å². The zero-order valence-electron chi connectivity index (χ0n) is 17.0. The molecule has 0 aliphatic heterocycles. The van der Waals surface area contributed by atoms with Gasteiger partial charge in [-0.2, -0.15) is 0 Å². The zero-order chi connectivity index (χ0) is 19.5. The second-order valence-corrected chi connectivity index (χ2v) is 7.57. The van der Waals surface area contributed by atoms with Crippen molar-refractivity contribution in [2.75, 3.05) is 6.61 Å². The van der Waals surface area contributed by atoms with E-state index in [1.807, 2.05) is 0 Å². The molecule has 4 heteroatoms. The van der Waals surface area contributed by atoms with Crippen LogP contribution in [0.2, 0.25) is 0 Å². The van der Waals surface area contributed by atoms with Crippen molar-refractivity contribution in [1.82, 2.24) is 0 Å². The molecule has 0 aromatic heterocycles. The Labute approximate surface area is 160 Å². The van der Waals surface area contributed by atoms with Gasteiger partial charge in [0.2, 0.25) is 0 Å². The van der Waals surface area contributed by atoms with Gasteiger partial charge < -0.3 is 10.2 Å². The molecular weight excluding hydrogens is 328 g/mol. The average molecular weight is 371 g/mol. The lowest BCUT2D eigenvalue weighted by Crippen LogP contribution is -2.24. The Kier molecular flexibility index (Phi) is 18.2. The molecule has 0 heterocycles. The van der Waals surface area contributed by atoms with Gasteiger partial charge in [-0.3, -0.25) is 9.59 Å². The molecule has 0 rings (SSSR count). The third-order valence-corrected chi connectivity index (χ3v) is 5.13. The summed E-state index contributed by atoms with van der Waals surface area (Å²) in [4.78, 5) is 22.8. The number of aliphatic carboxylic acids is 1. The number of carbonyl (C=O) groups is 2. The normalized spacial score (nSPS) is 12.2. The topological polar surface area (TPSA) is 74.6 Å². The van der Waals surface area contributed by atoms with Gasteiger partial charge in [-0.15, -0.1) is 0 Å². The molecule has 0 fully saturated rings. The van der Waals surface area contributed by atoms with Crippen LogP contribution in [0, 0.1) is 5.92 Å². The Hall–Kier alpha value is -0.900. The summed E-state index contributed by atoms with van der Waals surface area (Å²) in [5.41, 5.74) is 0. The van der Waals surface area contributed by atoms with E-state index in [0.717, 1.165) is 19.3 Å². The monoisotopic (exact) mass is 370 g/mol. The van der Waals surface area contributed by atoms with Crippen LogP contribution in [0.3, 0.4) is 0 Å². The molecular formula is C22H42O4. The van der Waals surface area contributed by atoms with E-state index in [-0.39, 0.29) is 18.8 Å². The van der Waals surface area contributed by atoms with Gasteiger partial charge in [0, 0.05) is 13.0 Å². The molecule has 0 aliphatic carbocycles. The van der Waals surface area contributed by atoms with Gasteiger partial charge in [0.05, 0.1) is 0 Å². The minimum absolute atomic E-state index is 0.0346. The van der Waals surface area contributed by atoms with Crippen LogP contribution in [0.15, 0.2) is 0 Å². The highest BCUT2D eigenvalue weighted by Gasteiger charge is 2.24. The molecule has 0 aromatic carbocycles. The summed E-state index contributed by atoms with van der Waals surface area (Å²) in [6.45, 7) is 2.01. The molecule has 2 N–H and O–H groups in total.